The Labute approximate surface area is 171 Å². The van der Waals surface area contributed by atoms with Crippen LogP contribution in [-0.4, -0.2) is 5.11 Å². The summed E-state index contributed by atoms with van der Waals surface area (Å²) in [5, 5.41) is 15.4. The monoisotopic (exact) mass is 388 g/mol. The summed E-state index contributed by atoms with van der Waals surface area (Å²) < 4.78 is 0. The van der Waals surface area contributed by atoms with Gasteiger partial charge in [0.2, 0.25) is 0 Å². The first kappa shape index (κ1) is 17.1. The van der Waals surface area contributed by atoms with Gasteiger partial charge < -0.3 is 5.11 Å². The van der Waals surface area contributed by atoms with Gasteiger partial charge in [0.05, 0.1) is 5.60 Å². The summed E-state index contributed by atoms with van der Waals surface area (Å²) in [6.45, 7) is 0. The molecule has 0 radical (unpaired) electrons. The lowest BCUT2D eigenvalue weighted by molar-refractivity contribution is -0.179. The van der Waals surface area contributed by atoms with Crippen LogP contribution >= 0.6 is 11.6 Å². The fourth-order valence-corrected chi connectivity index (χ4v) is 6.98. The Balaban J connectivity index is 1.61. The number of hydrogen-bond donors (Lipinski definition) is 1. The van der Waals surface area contributed by atoms with Gasteiger partial charge in [-0.3, -0.25) is 0 Å². The highest BCUT2D eigenvalue weighted by molar-refractivity contribution is 6.31. The molecule has 4 saturated carbocycles. The Morgan fingerprint density at radius 2 is 1.43 bits per heavy atom. The van der Waals surface area contributed by atoms with E-state index >= 15 is 0 Å². The molecular formula is C26H25ClO. The fourth-order valence-electron chi connectivity index (χ4n) is 6.80. The zero-order chi connectivity index (χ0) is 18.9. The van der Waals surface area contributed by atoms with E-state index in [4.69, 9.17) is 11.6 Å². The van der Waals surface area contributed by atoms with E-state index in [0.717, 1.165) is 27.8 Å². The normalized spacial score (nSPS) is 33.5. The van der Waals surface area contributed by atoms with Crippen LogP contribution in [-0.2, 0) is 5.60 Å². The third-order valence-electron chi connectivity index (χ3n) is 7.84. The molecule has 2 heteroatoms. The fraction of sp³-hybridized carbons (Fsp3) is 0.385. The molecule has 3 aromatic rings. The number of halogens is 1. The van der Waals surface area contributed by atoms with E-state index in [1.165, 1.54) is 48.6 Å². The molecule has 7 rings (SSSR count). The van der Waals surface area contributed by atoms with Crippen LogP contribution < -0.4 is 0 Å². The van der Waals surface area contributed by atoms with Gasteiger partial charge in [0.15, 0.2) is 0 Å². The molecule has 4 aliphatic carbocycles. The van der Waals surface area contributed by atoms with Crippen LogP contribution in [0.5, 0.6) is 0 Å². The maximum absolute atomic E-state index is 12.3. The predicted octanol–water partition coefficient (Wildman–Crippen LogP) is 6.80. The molecule has 0 aliphatic heterocycles. The zero-order valence-corrected chi connectivity index (χ0v) is 16.7. The number of aliphatic hydroxyl groups is 1. The van der Waals surface area contributed by atoms with Crippen molar-refractivity contribution in [2.45, 2.75) is 37.7 Å². The second-order valence-corrected chi connectivity index (χ2v) is 9.82. The van der Waals surface area contributed by atoms with Crippen molar-refractivity contribution < 1.29 is 5.11 Å². The zero-order valence-electron chi connectivity index (χ0n) is 15.9. The van der Waals surface area contributed by atoms with E-state index in [1.807, 2.05) is 12.1 Å². The molecule has 0 unspecified atom stereocenters. The highest BCUT2D eigenvalue weighted by atomic mass is 35.5. The highest BCUT2D eigenvalue weighted by Crippen LogP contribution is 2.62. The summed E-state index contributed by atoms with van der Waals surface area (Å²) in [5.74, 6) is 2.45. The summed E-state index contributed by atoms with van der Waals surface area (Å²) in [6, 6.07) is 21.2. The van der Waals surface area contributed by atoms with E-state index in [-0.39, 0.29) is 0 Å². The van der Waals surface area contributed by atoms with E-state index in [2.05, 4.69) is 48.5 Å². The largest absolute Gasteiger partial charge is 0.385 e. The molecule has 0 heterocycles. The van der Waals surface area contributed by atoms with Crippen LogP contribution in [0.15, 0.2) is 60.7 Å². The second kappa shape index (κ2) is 6.08. The first-order chi connectivity index (χ1) is 13.6. The third kappa shape index (κ3) is 2.42. The molecule has 28 heavy (non-hydrogen) atoms. The Morgan fingerprint density at radius 3 is 2.11 bits per heavy atom. The molecular weight excluding hydrogens is 364 g/mol. The third-order valence-corrected chi connectivity index (χ3v) is 8.07. The molecule has 0 amide bonds. The van der Waals surface area contributed by atoms with E-state index in [0.29, 0.717) is 11.8 Å². The van der Waals surface area contributed by atoms with Gasteiger partial charge in [0.25, 0.3) is 0 Å². The van der Waals surface area contributed by atoms with Crippen LogP contribution in [0.25, 0.3) is 21.9 Å². The summed E-state index contributed by atoms with van der Waals surface area (Å²) in [6.07, 6.45) is 6.13. The van der Waals surface area contributed by atoms with Crippen LogP contribution in [0, 0.1) is 23.7 Å². The van der Waals surface area contributed by atoms with Crippen LogP contribution in [0.2, 0.25) is 5.02 Å². The second-order valence-electron chi connectivity index (χ2n) is 9.39. The molecule has 0 saturated heterocycles. The minimum absolute atomic E-state index is 0.392. The molecule has 1 N–H and O–H groups in total. The minimum atomic E-state index is -0.713. The summed E-state index contributed by atoms with van der Waals surface area (Å²) in [7, 11) is 0. The molecule has 4 aliphatic rings. The molecule has 4 fully saturated rings. The molecule has 0 aromatic heterocycles. The van der Waals surface area contributed by atoms with Gasteiger partial charge >= 0.3 is 0 Å². The van der Waals surface area contributed by atoms with Gasteiger partial charge in [0, 0.05) is 5.02 Å². The molecule has 0 atom stereocenters. The molecule has 142 valence electrons. The molecule has 0 spiro atoms. The van der Waals surface area contributed by atoms with Crippen molar-refractivity contribution >= 4 is 22.4 Å². The maximum Gasteiger partial charge on any atom is 0.0959 e. The first-order valence-electron chi connectivity index (χ1n) is 10.6. The van der Waals surface area contributed by atoms with Gasteiger partial charge in [-0.05, 0) is 108 Å². The Morgan fingerprint density at radius 1 is 0.750 bits per heavy atom. The Bertz CT molecular complexity index is 1030. The van der Waals surface area contributed by atoms with Gasteiger partial charge in [-0.25, -0.2) is 0 Å². The number of hydrogen-bond acceptors (Lipinski definition) is 1. The number of fused-ring (bicyclic) bond motifs is 1. The van der Waals surface area contributed by atoms with Crippen molar-refractivity contribution in [3.8, 4) is 11.1 Å². The summed E-state index contributed by atoms with van der Waals surface area (Å²) in [5.41, 5.74) is 2.79. The van der Waals surface area contributed by atoms with Crippen molar-refractivity contribution in [3.63, 3.8) is 0 Å². The lowest BCUT2D eigenvalue weighted by Gasteiger charge is -2.59. The lowest BCUT2D eigenvalue weighted by atomic mass is 9.48. The van der Waals surface area contributed by atoms with Crippen LogP contribution in [0.3, 0.4) is 0 Å². The van der Waals surface area contributed by atoms with E-state index in [9.17, 15) is 5.11 Å². The first-order valence-corrected chi connectivity index (χ1v) is 11.0. The van der Waals surface area contributed by atoms with E-state index in [1.54, 1.807) is 0 Å². The van der Waals surface area contributed by atoms with Gasteiger partial charge in [0.1, 0.15) is 0 Å². The van der Waals surface area contributed by atoms with Crippen molar-refractivity contribution in [2.24, 2.45) is 23.7 Å². The topological polar surface area (TPSA) is 20.2 Å². The average molecular weight is 389 g/mol. The van der Waals surface area contributed by atoms with Crippen molar-refractivity contribution in [1.82, 2.24) is 0 Å². The van der Waals surface area contributed by atoms with Crippen LogP contribution in [0.4, 0.5) is 0 Å². The van der Waals surface area contributed by atoms with Crippen molar-refractivity contribution in [3.05, 3.63) is 71.2 Å². The van der Waals surface area contributed by atoms with Crippen molar-refractivity contribution in [2.75, 3.05) is 0 Å². The lowest BCUT2D eigenvalue weighted by Crippen LogP contribution is -2.55. The quantitative estimate of drug-likeness (QED) is 0.511. The predicted molar refractivity (Wildman–Crippen MR) is 115 cm³/mol. The SMILES string of the molecule is OC1(c2cc3cc(Cl)ccc3cc2-c2ccccc2)C2CC3CC(C2)CC1C3. The molecule has 4 bridgehead atoms. The number of rotatable bonds is 2. The molecule has 3 aromatic carbocycles. The summed E-state index contributed by atoms with van der Waals surface area (Å²) in [4.78, 5) is 0. The highest BCUT2D eigenvalue weighted by Gasteiger charge is 2.57. The molecule has 1 nitrogen and oxygen atoms in total. The Hall–Kier alpha value is -1.83. The maximum atomic E-state index is 12.3. The Kier molecular flexibility index (Phi) is 3.71. The smallest absolute Gasteiger partial charge is 0.0959 e. The average Bonchev–Trinajstić information content (AvgIpc) is 2.71. The van der Waals surface area contributed by atoms with Crippen LogP contribution in [0.1, 0.15) is 37.7 Å². The van der Waals surface area contributed by atoms with Gasteiger partial charge in [-0.1, -0.05) is 48.0 Å². The van der Waals surface area contributed by atoms with Gasteiger partial charge in [-0.15, -0.1) is 0 Å². The number of benzene rings is 3. The van der Waals surface area contributed by atoms with Crippen molar-refractivity contribution in [1.29, 1.82) is 0 Å². The van der Waals surface area contributed by atoms with E-state index < -0.39 is 5.60 Å². The minimum Gasteiger partial charge on any atom is -0.385 e. The standard InChI is InChI=1S/C26H25ClO/c27-23-7-6-19-14-24(18-4-2-1-3-5-18)25(15-20(19)13-23)26(28)21-9-16-8-17(11-21)12-22(26)10-16/h1-7,13-17,21-22,28H,8-12H2. The summed E-state index contributed by atoms with van der Waals surface area (Å²) >= 11 is 6.31. The van der Waals surface area contributed by atoms with Gasteiger partial charge in [-0.2, -0.15) is 0 Å².